The average molecular weight is 218 g/mol. The fraction of sp³-hybridized carbons (Fsp3) is 0. The van der Waals surface area contributed by atoms with Gasteiger partial charge in [0.15, 0.2) is 0 Å². The Morgan fingerprint density at radius 1 is 0.882 bits per heavy atom. The Morgan fingerprint density at radius 3 is 2.76 bits per heavy atom. The quantitative estimate of drug-likeness (QED) is 0.548. The molecule has 1 aliphatic heterocycles. The first-order valence-electron chi connectivity index (χ1n) is 5.67. The van der Waals surface area contributed by atoms with E-state index >= 15 is 0 Å². The maximum absolute atomic E-state index is 4.26. The molecule has 0 atom stereocenters. The summed E-state index contributed by atoms with van der Waals surface area (Å²) in [6.45, 7) is 0. The molecule has 0 bridgehead atoms. The minimum absolute atomic E-state index is 1.17. The molecular formula is C15H10N2. The summed E-state index contributed by atoms with van der Waals surface area (Å²) < 4.78 is 2.22. The van der Waals surface area contributed by atoms with Crippen molar-refractivity contribution >= 4 is 34.2 Å². The van der Waals surface area contributed by atoms with Gasteiger partial charge in [0.05, 0.1) is 11.0 Å². The molecule has 0 amide bonds. The standard InChI is InChI=1S/C15H10N2/c1-2-7-14-12(5-1)13-6-3-4-11-10-16-8-9-17(14)15(11)13/h1-10H. The Kier molecular flexibility index (Phi) is 1.59. The van der Waals surface area contributed by atoms with E-state index in [2.05, 4.69) is 52.0 Å². The zero-order valence-electron chi connectivity index (χ0n) is 9.17. The predicted molar refractivity (Wildman–Crippen MR) is 72.4 cm³/mol. The van der Waals surface area contributed by atoms with Gasteiger partial charge in [0.1, 0.15) is 0 Å². The van der Waals surface area contributed by atoms with Crippen molar-refractivity contribution < 1.29 is 0 Å². The molecule has 0 fully saturated rings. The lowest BCUT2D eigenvalue weighted by Gasteiger charge is -2.00. The molecule has 1 aromatic heterocycles. The molecule has 2 heterocycles. The van der Waals surface area contributed by atoms with E-state index in [1.54, 1.807) is 0 Å². The summed E-state index contributed by atoms with van der Waals surface area (Å²) in [7, 11) is 0. The lowest BCUT2D eigenvalue weighted by Crippen LogP contribution is -1.88. The van der Waals surface area contributed by atoms with Crippen molar-refractivity contribution in [3.63, 3.8) is 0 Å². The minimum atomic E-state index is 1.17. The lowest BCUT2D eigenvalue weighted by atomic mass is 10.1. The molecule has 0 saturated heterocycles. The zero-order chi connectivity index (χ0) is 11.2. The van der Waals surface area contributed by atoms with Crippen molar-refractivity contribution in [3.05, 3.63) is 54.2 Å². The number of para-hydroxylation sites is 2. The molecule has 0 saturated carbocycles. The zero-order valence-corrected chi connectivity index (χ0v) is 9.17. The average Bonchev–Trinajstić information content (AvgIpc) is 2.56. The summed E-state index contributed by atoms with van der Waals surface area (Å²) in [5.74, 6) is 0. The number of hydrogen-bond donors (Lipinski definition) is 0. The molecular weight excluding hydrogens is 208 g/mol. The van der Waals surface area contributed by atoms with Gasteiger partial charge in [-0.2, -0.15) is 0 Å². The number of fused-ring (bicyclic) bond motifs is 3. The van der Waals surface area contributed by atoms with Crippen LogP contribution in [0.4, 0.5) is 0 Å². The van der Waals surface area contributed by atoms with E-state index < -0.39 is 0 Å². The Hall–Kier alpha value is -2.35. The van der Waals surface area contributed by atoms with Crippen molar-refractivity contribution in [2.24, 2.45) is 4.99 Å². The maximum atomic E-state index is 4.26. The van der Waals surface area contributed by atoms with Gasteiger partial charge in [0, 0.05) is 35.0 Å². The molecule has 4 rings (SSSR count). The van der Waals surface area contributed by atoms with E-state index in [1.807, 2.05) is 18.6 Å². The predicted octanol–water partition coefficient (Wildman–Crippen LogP) is 3.66. The third-order valence-electron chi connectivity index (χ3n) is 3.28. The van der Waals surface area contributed by atoms with E-state index in [-0.39, 0.29) is 0 Å². The van der Waals surface area contributed by atoms with Gasteiger partial charge < -0.3 is 4.57 Å². The molecule has 0 N–H and O–H groups in total. The van der Waals surface area contributed by atoms with Crippen LogP contribution in [-0.4, -0.2) is 10.8 Å². The molecule has 1 aliphatic rings. The molecule has 3 aromatic rings. The first-order valence-corrected chi connectivity index (χ1v) is 5.67. The highest BCUT2D eigenvalue weighted by molar-refractivity contribution is 6.14. The van der Waals surface area contributed by atoms with E-state index in [0.717, 1.165) is 0 Å². The summed E-state index contributed by atoms with van der Waals surface area (Å²) in [6.07, 6.45) is 5.78. The van der Waals surface area contributed by atoms with Gasteiger partial charge in [-0.15, -0.1) is 0 Å². The van der Waals surface area contributed by atoms with Crippen LogP contribution in [0.5, 0.6) is 0 Å². The maximum Gasteiger partial charge on any atom is 0.0623 e. The third-order valence-corrected chi connectivity index (χ3v) is 3.28. The first-order chi connectivity index (χ1) is 8.45. The van der Waals surface area contributed by atoms with Gasteiger partial charge in [-0.05, 0) is 6.07 Å². The third kappa shape index (κ3) is 1.07. The molecule has 0 unspecified atom stereocenters. The molecule has 2 heteroatoms. The highest BCUT2D eigenvalue weighted by Gasteiger charge is 2.11. The normalized spacial score (nSPS) is 13.4. The van der Waals surface area contributed by atoms with E-state index in [9.17, 15) is 0 Å². The monoisotopic (exact) mass is 218 g/mol. The summed E-state index contributed by atoms with van der Waals surface area (Å²) in [5.41, 5.74) is 3.65. The minimum Gasteiger partial charge on any atom is -0.314 e. The Labute approximate surface area is 98.5 Å². The number of rotatable bonds is 0. The first kappa shape index (κ1) is 8.76. The molecule has 2 aromatic carbocycles. The second-order valence-corrected chi connectivity index (χ2v) is 4.21. The van der Waals surface area contributed by atoms with Crippen molar-refractivity contribution in [3.8, 4) is 0 Å². The van der Waals surface area contributed by atoms with Crippen molar-refractivity contribution in [1.82, 2.24) is 4.57 Å². The number of nitrogens with zero attached hydrogens (tertiary/aromatic N) is 2. The van der Waals surface area contributed by atoms with Gasteiger partial charge in [0.2, 0.25) is 0 Å². The molecule has 0 spiro atoms. The van der Waals surface area contributed by atoms with Crippen LogP contribution in [0, 0.1) is 0 Å². The Bertz CT molecular complexity index is 791. The number of hydrogen-bond acceptors (Lipinski definition) is 1. The van der Waals surface area contributed by atoms with E-state index in [1.165, 1.54) is 27.4 Å². The molecule has 17 heavy (non-hydrogen) atoms. The highest BCUT2D eigenvalue weighted by Crippen LogP contribution is 2.31. The largest absolute Gasteiger partial charge is 0.314 e. The summed E-state index contributed by atoms with van der Waals surface area (Å²) in [4.78, 5) is 4.26. The second-order valence-electron chi connectivity index (χ2n) is 4.21. The molecule has 80 valence electrons. The van der Waals surface area contributed by atoms with Crippen LogP contribution >= 0.6 is 0 Å². The number of benzene rings is 2. The smallest absolute Gasteiger partial charge is 0.0623 e. The fourth-order valence-corrected chi connectivity index (χ4v) is 2.57. The van der Waals surface area contributed by atoms with E-state index in [4.69, 9.17) is 0 Å². The summed E-state index contributed by atoms with van der Waals surface area (Å²) in [5, 5.41) is 2.58. The van der Waals surface area contributed by atoms with Gasteiger partial charge in [-0.1, -0.05) is 36.4 Å². The fourth-order valence-electron chi connectivity index (χ4n) is 2.57. The molecule has 2 nitrogen and oxygen atoms in total. The summed E-state index contributed by atoms with van der Waals surface area (Å²) in [6, 6.07) is 14.8. The van der Waals surface area contributed by atoms with Crippen molar-refractivity contribution in [1.29, 1.82) is 0 Å². The summed E-state index contributed by atoms with van der Waals surface area (Å²) >= 11 is 0. The second kappa shape index (κ2) is 3.08. The van der Waals surface area contributed by atoms with Gasteiger partial charge in [0.25, 0.3) is 0 Å². The van der Waals surface area contributed by atoms with Crippen LogP contribution in [0.25, 0.3) is 28.0 Å². The number of aromatic nitrogens is 1. The van der Waals surface area contributed by atoms with Gasteiger partial charge in [-0.25, -0.2) is 0 Å². The highest BCUT2D eigenvalue weighted by atomic mass is 15.0. The van der Waals surface area contributed by atoms with Crippen LogP contribution < -0.4 is 0 Å². The van der Waals surface area contributed by atoms with Crippen molar-refractivity contribution in [2.75, 3.05) is 0 Å². The van der Waals surface area contributed by atoms with Gasteiger partial charge in [-0.3, -0.25) is 4.99 Å². The van der Waals surface area contributed by atoms with Crippen molar-refractivity contribution in [2.45, 2.75) is 0 Å². The van der Waals surface area contributed by atoms with Crippen LogP contribution in [0.15, 0.2) is 53.7 Å². The van der Waals surface area contributed by atoms with Crippen LogP contribution in [-0.2, 0) is 0 Å². The number of aliphatic imine (C=N–C) groups is 1. The van der Waals surface area contributed by atoms with Gasteiger partial charge >= 0.3 is 0 Å². The Morgan fingerprint density at radius 2 is 1.76 bits per heavy atom. The molecule has 0 aliphatic carbocycles. The lowest BCUT2D eigenvalue weighted by molar-refractivity contribution is 1.29. The molecule has 0 radical (unpaired) electrons. The van der Waals surface area contributed by atoms with E-state index in [0.29, 0.717) is 0 Å². The Balaban J connectivity index is 2.39. The van der Waals surface area contributed by atoms with Crippen LogP contribution in [0.1, 0.15) is 5.56 Å². The van der Waals surface area contributed by atoms with Crippen LogP contribution in [0.3, 0.4) is 0 Å². The SMILES string of the molecule is C1=Cn2c3ccccc3c3cccc(c32)C=N1. The van der Waals surface area contributed by atoms with Crippen LogP contribution in [0.2, 0.25) is 0 Å². The topological polar surface area (TPSA) is 17.3 Å².